The number of alkyl halides is 3. The van der Waals surface area contributed by atoms with Crippen molar-refractivity contribution in [1.82, 2.24) is 14.8 Å². The molecule has 0 bridgehead atoms. The van der Waals surface area contributed by atoms with Gasteiger partial charge in [-0.1, -0.05) is 0 Å². The highest BCUT2D eigenvalue weighted by Gasteiger charge is 2.43. The monoisotopic (exact) mass is 509 g/mol. The van der Waals surface area contributed by atoms with Gasteiger partial charge in [-0.3, -0.25) is 9.59 Å². The van der Waals surface area contributed by atoms with Gasteiger partial charge < -0.3 is 19.3 Å². The summed E-state index contributed by atoms with van der Waals surface area (Å²) in [4.78, 5) is 33.6. The Morgan fingerprint density at radius 3 is 2.29 bits per heavy atom. The van der Waals surface area contributed by atoms with E-state index in [0.29, 0.717) is 31.7 Å². The molecule has 0 atom stereocenters. The number of aromatic nitrogens is 1. The quantitative estimate of drug-likeness (QED) is 0.543. The van der Waals surface area contributed by atoms with E-state index in [1.165, 1.54) is 23.9 Å². The largest absolute Gasteiger partial charge is 0.573 e. The van der Waals surface area contributed by atoms with E-state index in [1.807, 2.05) is 11.2 Å². The van der Waals surface area contributed by atoms with Crippen LogP contribution in [0.4, 0.5) is 13.2 Å². The third-order valence-electron chi connectivity index (χ3n) is 6.52. The molecule has 4 rings (SSSR count). The fourth-order valence-electron chi connectivity index (χ4n) is 4.60. The first-order valence-electron chi connectivity index (χ1n) is 11.2. The van der Waals surface area contributed by atoms with Crippen molar-refractivity contribution < 1.29 is 32.2 Å². The average molecular weight is 510 g/mol. The van der Waals surface area contributed by atoms with Crippen LogP contribution in [0.2, 0.25) is 0 Å². The second-order valence-electron chi connectivity index (χ2n) is 8.73. The lowest BCUT2D eigenvalue weighted by atomic mass is 9.77. The van der Waals surface area contributed by atoms with Crippen molar-refractivity contribution in [3.63, 3.8) is 0 Å². The summed E-state index contributed by atoms with van der Waals surface area (Å²) in [6.45, 7) is 2.30. The fourth-order valence-corrected chi connectivity index (χ4v) is 5.14. The first-order valence-corrected chi connectivity index (χ1v) is 12.5. The van der Waals surface area contributed by atoms with Gasteiger partial charge in [-0.15, -0.1) is 24.9 Å². The highest BCUT2D eigenvalue weighted by Crippen LogP contribution is 2.41. The van der Waals surface area contributed by atoms with E-state index in [9.17, 15) is 22.8 Å². The van der Waals surface area contributed by atoms with Crippen LogP contribution in [0.5, 0.6) is 11.5 Å². The highest BCUT2D eigenvalue weighted by atomic mass is 32.2. The topological polar surface area (TPSA) is 72.0 Å². The number of rotatable bonds is 6. The smallest absolute Gasteiger partial charge is 0.484 e. The summed E-state index contributed by atoms with van der Waals surface area (Å²) in [5.74, 6) is -0.247. The maximum absolute atomic E-state index is 13.0. The van der Waals surface area contributed by atoms with Crippen LogP contribution in [0, 0.1) is 5.41 Å². The molecule has 1 aromatic carbocycles. The number of piperidine rings is 1. The molecule has 0 saturated carbocycles. The second-order valence-corrected chi connectivity index (χ2v) is 9.52. The van der Waals surface area contributed by atoms with Crippen molar-refractivity contribution in [3.8, 4) is 11.5 Å². The molecule has 0 N–H and O–H groups in total. The standard InChI is InChI=1S/C24H26F3N3O4S/c1-35-21-19(3-2-11-28-21)22(32)29-12-8-23(9-13-29)10-14-30(16-23)20(31)15-33-17-4-6-18(7-5-17)34-24(25,26)27/h2-7,11H,8-10,12-16H2,1H3. The molecule has 3 heterocycles. The Hall–Kier alpha value is -2.95. The van der Waals surface area contributed by atoms with Gasteiger partial charge in [0.05, 0.1) is 5.56 Å². The van der Waals surface area contributed by atoms with Crippen molar-refractivity contribution in [2.45, 2.75) is 30.7 Å². The van der Waals surface area contributed by atoms with Gasteiger partial charge in [-0.2, -0.15) is 0 Å². The number of benzene rings is 1. The predicted octanol–water partition coefficient (Wildman–Crippen LogP) is 4.24. The molecule has 2 aliphatic rings. The summed E-state index contributed by atoms with van der Waals surface area (Å²) in [6.07, 6.45) is 1.32. The van der Waals surface area contributed by atoms with E-state index in [-0.39, 0.29) is 35.3 Å². The van der Waals surface area contributed by atoms with E-state index < -0.39 is 6.36 Å². The Labute approximate surface area is 205 Å². The molecule has 0 radical (unpaired) electrons. The molecule has 0 aliphatic carbocycles. The molecule has 188 valence electrons. The van der Waals surface area contributed by atoms with E-state index in [2.05, 4.69) is 9.72 Å². The van der Waals surface area contributed by atoms with Crippen LogP contribution in [-0.2, 0) is 4.79 Å². The first kappa shape index (κ1) is 25.2. The Morgan fingerprint density at radius 2 is 1.66 bits per heavy atom. The molecule has 0 unspecified atom stereocenters. The average Bonchev–Trinajstić information content (AvgIpc) is 3.26. The Balaban J connectivity index is 1.26. The molecule has 1 spiro atoms. The summed E-state index contributed by atoms with van der Waals surface area (Å²) >= 11 is 1.45. The zero-order valence-electron chi connectivity index (χ0n) is 19.2. The number of hydrogen-bond acceptors (Lipinski definition) is 6. The number of carbonyl (C=O) groups excluding carboxylic acids is 2. The van der Waals surface area contributed by atoms with E-state index >= 15 is 0 Å². The van der Waals surface area contributed by atoms with Crippen LogP contribution in [0.15, 0.2) is 47.6 Å². The minimum absolute atomic E-state index is 0.0109. The van der Waals surface area contributed by atoms with E-state index in [4.69, 9.17) is 4.74 Å². The van der Waals surface area contributed by atoms with Crippen molar-refractivity contribution in [2.75, 3.05) is 39.0 Å². The van der Waals surface area contributed by atoms with Gasteiger partial charge in [0.25, 0.3) is 11.8 Å². The SMILES string of the molecule is CSc1ncccc1C(=O)N1CCC2(CCN(C(=O)COc3ccc(OC(F)(F)F)cc3)C2)CC1. The molecule has 35 heavy (non-hydrogen) atoms. The van der Waals surface area contributed by atoms with Crippen LogP contribution < -0.4 is 9.47 Å². The minimum Gasteiger partial charge on any atom is -0.484 e. The van der Waals surface area contributed by atoms with Crippen LogP contribution in [0.25, 0.3) is 0 Å². The minimum atomic E-state index is -4.76. The Morgan fingerprint density at radius 1 is 1.03 bits per heavy atom. The summed E-state index contributed by atoms with van der Waals surface area (Å²) in [5.41, 5.74) is 0.606. The fraction of sp³-hybridized carbons (Fsp3) is 0.458. The van der Waals surface area contributed by atoms with Crippen molar-refractivity contribution in [3.05, 3.63) is 48.2 Å². The summed E-state index contributed by atoms with van der Waals surface area (Å²) in [7, 11) is 0. The molecule has 11 heteroatoms. The maximum atomic E-state index is 13.0. The van der Waals surface area contributed by atoms with Crippen LogP contribution >= 0.6 is 11.8 Å². The van der Waals surface area contributed by atoms with Gasteiger partial charge in [0, 0.05) is 32.4 Å². The molecule has 7 nitrogen and oxygen atoms in total. The van der Waals surface area contributed by atoms with Gasteiger partial charge in [-0.05, 0) is 67.3 Å². The lowest BCUT2D eigenvalue weighted by Gasteiger charge is -2.39. The van der Waals surface area contributed by atoms with Gasteiger partial charge in [0.15, 0.2) is 6.61 Å². The first-order chi connectivity index (χ1) is 16.7. The number of ether oxygens (including phenoxy) is 2. The van der Waals surface area contributed by atoms with Crippen LogP contribution in [-0.4, -0.2) is 72.0 Å². The predicted molar refractivity (Wildman–Crippen MR) is 123 cm³/mol. The number of nitrogens with zero attached hydrogens (tertiary/aromatic N) is 3. The normalized spacial score (nSPS) is 17.5. The summed E-state index contributed by atoms with van der Waals surface area (Å²) < 4.78 is 46.1. The number of amides is 2. The molecule has 2 saturated heterocycles. The number of likely N-dealkylation sites (tertiary alicyclic amines) is 2. The third kappa shape index (κ3) is 6.19. The van der Waals surface area contributed by atoms with Gasteiger partial charge in [0.2, 0.25) is 0 Å². The Bertz CT molecular complexity index is 1060. The lowest BCUT2D eigenvalue weighted by Crippen LogP contribution is -2.45. The van der Waals surface area contributed by atoms with Gasteiger partial charge in [0.1, 0.15) is 16.5 Å². The zero-order chi connectivity index (χ0) is 25.1. The molecule has 2 aliphatic heterocycles. The molecular formula is C24H26F3N3O4S. The number of carbonyl (C=O) groups is 2. The second kappa shape index (κ2) is 10.3. The summed E-state index contributed by atoms with van der Waals surface area (Å²) in [6, 6.07) is 8.51. The zero-order valence-corrected chi connectivity index (χ0v) is 20.0. The molecule has 2 amide bonds. The van der Waals surface area contributed by atoms with Crippen molar-refractivity contribution in [2.24, 2.45) is 5.41 Å². The van der Waals surface area contributed by atoms with Gasteiger partial charge in [-0.25, -0.2) is 4.98 Å². The molecule has 2 fully saturated rings. The Kier molecular flexibility index (Phi) is 7.44. The number of pyridine rings is 1. The lowest BCUT2D eigenvalue weighted by molar-refractivity contribution is -0.274. The number of thioether (sulfide) groups is 1. The van der Waals surface area contributed by atoms with Crippen molar-refractivity contribution >= 4 is 23.6 Å². The maximum Gasteiger partial charge on any atom is 0.573 e. The third-order valence-corrected chi connectivity index (χ3v) is 7.23. The number of halogens is 3. The van der Waals surface area contributed by atoms with Gasteiger partial charge >= 0.3 is 6.36 Å². The molecular weight excluding hydrogens is 483 g/mol. The van der Waals surface area contributed by atoms with Crippen LogP contribution in [0.3, 0.4) is 0 Å². The highest BCUT2D eigenvalue weighted by molar-refractivity contribution is 7.98. The molecule has 2 aromatic rings. The van der Waals surface area contributed by atoms with E-state index in [0.717, 1.165) is 36.4 Å². The van der Waals surface area contributed by atoms with E-state index in [1.54, 1.807) is 23.2 Å². The van der Waals surface area contributed by atoms with Crippen molar-refractivity contribution in [1.29, 1.82) is 0 Å². The number of hydrogen-bond donors (Lipinski definition) is 0. The van der Waals surface area contributed by atoms with Crippen LogP contribution in [0.1, 0.15) is 29.6 Å². The molecule has 1 aromatic heterocycles. The summed E-state index contributed by atoms with van der Waals surface area (Å²) in [5, 5.41) is 0.720.